The quantitative estimate of drug-likeness (QED) is 0.850. The number of rotatable bonds is 5. The van der Waals surface area contributed by atoms with Crippen LogP contribution < -0.4 is 4.74 Å². The fourth-order valence-electron chi connectivity index (χ4n) is 1.55. The zero-order valence-electron chi connectivity index (χ0n) is 10.5. The van der Waals surface area contributed by atoms with Crippen LogP contribution in [-0.4, -0.2) is 16.1 Å². The van der Waals surface area contributed by atoms with E-state index in [0.29, 0.717) is 17.9 Å². The van der Waals surface area contributed by atoms with Crippen molar-refractivity contribution in [3.05, 3.63) is 64.4 Å². The largest absolute Gasteiger partial charge is 0.487 e. The van der Waals surface area contributed by atoms with E-state index in [1.807, 2.05) is 24.3 Å². The molecular weight excluding hydrogens is 322 g/mol. The average molecular weight is 334 g/mol. The number of aliphatic carboxylic acids is 1. The number of benzene rings is 1. The van der Waals surface area contributed by atoms with Crippen LogP contribution in [0.15, 0.2) is 53.1 Å². The van der Waals surface area contributed by atoms with Crippen LogP contribution in [0.1, 0.15) is 11.3 Å². The zero-order chi connectivity index (χ0) is 14.4. The summed E-state index contributed by atoms with van der Waals surface area (Å²) < 4.78 is 6.58. The van der Waals surface area contributed by atoms with Crippen LogP contribution in [0, 0.1) is 0 Å². The Morgan fingerprint density at radius 3 is 2.80 bits per heavy atom. The fraction of sp³-hybridized carbons (Fsp3) is 0.0667. The number of ether oxygens (including phenoxy) is 1. The number of hydrogen-bond acceptors (Lipinski definition) is 3. The summed E-state index contributed by atoms with van der Waals surface area (Å²) in [6, 6.07) is 11.0. The van der Waals surface area contributed by atoms with Gasteiger partial charge in [0.05, 0.1) is 5.69 Å². The molecule has 1 aromatic carbocycles. The number of hydrogen-bond donors (Lipinski definition) is 1. The van der Waals surface area contributed by atoms with Crippen LogP contribution in [0.4, 0.5) is 0 Å². The van der Waals surface area contributed by atoms with E-state index in [-0.39, 0.29) is 0 Å². The van der Waals surface area contributed by atoms with Crippen LogP contribution in [-0.2, 0) is 11.4 Å². The minimum absolute atomic E-state index is 0.325. The summed E-state index contributed by atoms with van der Waals surface area (Å²) in [6.45, 7) is 0.325. The molecule has 0 spiro atoms. The molecule has 102 valence electrons. The second kappa shape index (κ2) is 6.86. The molecule has 0 bridgehead atoms. The first-order valence-electron chi connectivity index (χ1n) is 5.88. The van der Waals surface area contributed by atoms with Crippen molar-refractivity contribution >= 4 is 28.0 Å². The predicted octanol–water partition coefficient (Wildman–Crippen LogP) is 3.52. The Bertz CT molecular complexity index is 623. The lowest BCUT2D eigenvalue weighted by atomic mass is 10.2. The van der Waals surface area contributed by atoms with Crippen molar-refractivity contribution in [2.75, 3.05) is 0 Å². The summed E-state index contributed by atoms with van der Waals surface area (Å²) in [5.74, 6) is -0.371. The van der Waals surface area contributed by atoms with Crippen molar-refractivity contribution in [3.8, 4) is 5.75 Å². The summed E-state index contributed by atoms with van der Waals surface area (Å²) in [5, 5.41) is 8.66. The molecule has 1 N–H and O–H groups in total. The Labute approximate surface area is 124 Å². The van der Waals surface area contributed by atoms with Gasteiger partial charge in [0, 0.05) is 22.3 Å². The highest BCUT2D eigenvalue weighted by Crippen LogP contribution is 2.20. The fourth-order valence-corrected chi connectivity index (χ4v) is 1.79. The SMILES string of the molecule is O=C(O)/C=C/c1ccccc1OCc1ccc(Br)cn1. The first-order valence-corrected chi connectivity index (χ1v) is 6.68. The Morgan fingerprint density at radius 1 is 1.30 bits per heavy atom. The van der Waals surface area contributed by atoms with Gasteiger partial charge in [-0.25, -0.2) is 4.79 Å². The van der Waals surface area contributed by atoms with E-state index in [9.17, 15) is 4.79 Å². The minimum atomic E-state index is -0.991. The third kappa shape index (κ3) is 4.20. The molecule has 1 heterocycles. The predicted molar refractivity (Wildman–Crippen MR) is 79.4 cm³/mol. The number of carboxylic acids is 1. The first kappa shape index (κ1) is 14.3. The van der Waals surface area contributed by atoms with Crippen molar-refractivity contribution in [1.29, 1.82) is 0 Å². The van der Waals surface area contributed by atoms with Crippen LogP contribution in [0.5, 0.6) is 5.75 Å². The van der Waals surface area contributed by atoms with Gasteiger partial charge in [0.15, 0.2) is 0 Å². The summed E-state index contributed by atoms with van der Waals surface area (Å²) >= 11 is 3.32. The van der Waals surface area contributed by atoms with Crippen LogP contribution in [0.3, 0.4) is 0 Å². The van der Waals surface area contributed by atoms with Gasteiger partial charge in [-0.3, -0.25) is 4.98 Å². The number of carbonyl (C=O) groups is 1. The van der Waals surface area contributed by atoms with E-state index < -0.39 is 5.97 Å². The van der Waals surface area contributed by atoms with E-state index in [2.05, 4.69) is 20.9 Å². The molecule has 0 aliphatic heterocycles. The molecule has 1 aromatic heterocycles. The molecule has 0 fully saturated rings. The number of pyridine rings is 1. The summed E-state index contributed by atoms with van der Waals surface area (Å²) in [6.07, 6.45) is 4.29. The molecule has 0 saturated heterocycles. The average Bonchev–Trinajstić information content (AvgIpc) is 2.45. The Kier molecular flexibility index (Phi) is 4.90. The number of aromatic nitrogens is 1. The maximum Gasteiger partial charge on any atom is 0.328 e. The van der Waals surface area contributed by atoms with Crippen molar-refractivity contribution in [3.63, 3.8) is 0 Å². The smallest absolute Gasteiger partial charge is 0.328 e. The first-order chi connectivity index (χ1) is 9.65. The van der Waals surface area contributed by atoms with Gasteiger partial charge in [-0.15, -0.1) is 0 Å². The molecule has 20 heavy (non-hydrogen) atoms. The Balaban J connectivity index is 2.09. The molecule has 0 aliphatic rings. The number of para-hydroxylation sites is 1. The Hall–Kier alpha value is -2.14. The highest BCUT2D eigenvalue weighted by atomic mass is 79.9. The van der Waals surface area contributed by atoms with E-state index >= 15 is 0 Å². The maximum absolute atomic E-state index is 10.6. The van der Waals surface area contributed by atoms with E-state index in [1.54, 1.807) is 18.3 Å². The molecule has 4 nitrogen and oxygen atoms in total. The van der Waals surface area contributed by atoms with E-state index in [4.69, 9.17) is 9.84 Å². The third-order valence-electron chi connectivity index (χ3n) is 2.49. The van der Waals surface area contributed by atoms with Gasteiger partial charge in [-0.1, -0.05) is 18.2 Å². The van der Waals surface area contributed by atoms with Gasteiger partial charge < -0.3 is 9.84 Å². The maximum atomic E-state index is 10.6. The van der Waals surface area contributed by atoms with Crippen molar-refractivity contribution in [2.45, 2.75) is 6.61 Å². The summed E-state index contributed by atoms with van der Waals surface area (Å²) in [5.41, 5.74) is 1.51. The Morgan fingerprint density at radius 2 is 2.10 bits per heavy atom. The van der Waals surface area contributed by atoms with E-state index in [0.717, 1.165) is 16.2 Å². The molecule has 0 atom stereocenters. The highest BCUT2D eigenvalue weighted by molar-refractivity contribution is 9.10. The highest BCUT2D eigenvalue weighted by Gasteiger charge is 2.02. The molecule has 2 rings (SSSR count). The zero-order valence-corrected chi connectivity index (χ0v) is 12.1. The van der Waals surface area contributed by atoms with Crippen LogP contribution in [0.2, 0.25) is 0 Å². The number of carboxylic acid groups (broad SMARTS) is 1. The minimum Gasteiger partial charge on any atom is -0.487 e. The normalized spacial score (nSPS) is 10.7. The van der Waals surface area contributed by atoms with Crippen molar-refractivity contribution < 1.29 is 14.6 Å². The van der Waals surface area contributed by atoms with E-state index in [1.165, 1.54) is 6.08 Å². The molecule has 0 unspecified atom stereocenters. The molecular formula is C15H12BrNO3. The van der Waals surface area contributed by atoms with Crippen LogP contribution in [0.25, 0.3) is 6.08 Å². The molecule has 5 heteroatoms. The lowest BCUT2D eigenvalue weighted by Crippen LogP contribution is -1.99. The van der Waals surface area contributed by atoms with Gasteiger partial charge in [-0.05, 0) is 40.2 Å². The molecule has 0 radical (unpaired) electrons. The summed E-state index contributed by atoms with van der Waals surface area (Å²) in [7, 11) is 0. The van der Waals surface area contributed by atoms with Gasteiger partial charge in [-0.2, -0.15) is 0 Å². The summed E-state index contributed by atoms with van der Waals surface area (Å²) in [4.78, 5) is 14.8. The number of nitrogens with zero attached hydrogens (tertiary/aromatic N) is 1. The van der Waals surface area contributed by atoms with Crippen molar-refractivity contribution in [2.24, 2.45) is 0 Å². The molecule has 0 amide bonds. The second-order valence-electron chi connectivity index (χ2n) is 3.97. The molecule has 0 aliphatic carbocycles. The topological polar surface area (TPSA) is 59.4 Å². The monoisotopic (exact) mass is 333 g/mol. The van der Waals surface area contributed by atoms with Gasteiger partial charge in [0.25, 0.3) is 0 Å². The lowest BCUT2D eigenvalue weighted by molar-refractivity contribution is -0.131. The van der Waals surface area contributed by atoms with Gasteiger partial charge in [0.1, 0.15) is 12.4 Å². The standard InChI is InChI=1S/C15H12BrNO3/c16-12-6-7-13(17-9-12)10-20-14-4-2-1-3-11(14)5-8-15(18)19/h1-9H,10H2,(H,18,19)/b8-5+. The second-order valence-corrected chi connectivity index (χ2v) is 4.88. The molecule has 2 aromatic rings. The lowest BCUT2D eigenvalue weighted by Gasteiger charge is -2.08. The van der Waals surface area contributed by atoms with Crippen LogP contribution >= 0.6 is 15.9 Å². The number of halogens is 1. The molecule has 0 saturated carbocycles. The van der Waals surface area contributed by atoms with Gasteiger partial charge >= 0.3 is 5.97 Å². The van der Waals surface area contributed by atoms with Gasteiger partial charge in [0.2, 0.25) is 0 Å². The van der Waals surface area contributed by atoms with Crippen molar-refractivity contribution in [1.82, 2.24) is 4.98 Å². The third-order valence-corrected chi connectivity index (χ3v) is 2.96.